The van der Waals surface area contributed by atoms with E-state index in [1.54, 1.807) is 11.0 Å². The van der Waals surface area contributed by atoms with E-state index in [-0.39, 0.29) is 11.8 Å². The molecular weight excluding hydrogens is 226 g/mol. The van der Waals surface area contributed by atoms with Crippen LogP contribution in [-0.4, -0.2) is 24.0 Å². The molecule has 0 radical (unpaired) electrons. The molecule has 1 aromatic rings. The molecular formula is C11H14ClN3O. The molecule has 1 saturated heterocycles. The Morgan fingerprint density at radius 3 is 2.94 bits per heavy atom. The van der Waals surface area contributed by atoms with Gasteiger partial charge in [-0.15, -0.1) is 0 Å². The first-order valence-electron chi connectivity index (χ1n) is 5.25. The van der Waals surface area contributed by atoms with Crippen molar-refractivity contribution in [3.8, 4) is 0 Å². The molecule has 1 amide bonds. The van der Waals surface area contributed by atoms with Crippen molar-refractivity contribution in [3.63, 3.8) is 0 Å². The molecule has 1 unspecified atom stereocenters. The Morgan fingerprint density at radius 1 is 1.62 bits per heavy atom. The molecule has 1 aliphatic rings. The van der Waals surface area contributed by atoms with Crippen LogP contribution in [0.5, 0.6) is 0 Å². The Hall–Kier alpha value is -1.13. The lowest BCUT2D eigenvalue weighted by Gasteiger charge is -2.17. The smallest absolute Gasteiger partial charge is 0.227 e. The molecule has 16 heavy (non-hydrogen) atoms. The highest BCUT2D eigenvalue weighted by atomic mass is 35.5. The fraction of sp³-hybridized carbons (Fsp3) is 0.455. The molecule has 0 aliphatic carbocycles. The zero-order chi connectivity index (χ0) is 11.7. The summed E-state index contributed by atoms with van der Waals surface area (Å²) in [4.78, 5) is 17.6. The van der Waals surface area contributed by atoms with Crippen LogP contribution in [0.4, 0.5) is 5.69 Å². The lowest BCUT2D eigenvalue weighted by Crippen LogP contribution is -2.25. The number of hydrogen-bond acceptors (Lipinski definition) is 3. The van der Waals surface area contributed by atoms with Gasteiger partial charge in [0.1, 0.15) is 5.15 Å². The van der Waals surface area contributed by atoms with E-state index in [0.717, 1.165) is 11.4 Å². The summed E-state index contributed by atoms with van der Waals surface area (Å²) in [5.74, 6) is 0.358. The molecule has 0 bridgehead atoms. The van der Waals surface area contributed by atoms with Crippen LogP contribution >= 0.6 is 11.6 Å². The fourth-order valence-electron chi connectivity index (χ4n) is 1.96. The fourth-order valence-corrected chi connectivity index (χ4v) is 2.20. The van der Waals surface area contributed by atoms with Gasteiger partial charge in [0.25, 0.3) is 0 Å². The van der Waals surface area contributed by atoms with Crippen LogP contribution in [0.3, 0.4) is 0 Å². The first-order chi connectivity index (χ1) is 7.60. The van der Waals surface area contributed by atoms with Gasteiger partial charge in [0.2, 0.25) is 5.91 Å². The van der Waals surface area contributed by atoms with Gasteiger partial charge < -0.3 is 10.6 Å². The predicted octanol–water partition coefficient (Wildman–Crippen LogP) is 1.36. The van der Waals surface area contributed by atoms with Gasteiger partial charge in [-0.25, -0.2) is 4.98 Å². The maximum atomic E-state index is 11.8. The number of carbonyl (C=O) groups is 1. The molecule has 2 rings (SSSR count). The minimum Gasteiger partial charge on any atom is -0.330 e. The van der Waals surface area contributed by atoms with Crippen LogP contribution in [0.25, 0.3) is 0 Å². The average molecular weight is 240 g/mol. The van der Waals surface area contributed by atoms with Gasteiger partial charge in [-0.1, -0.05) is 11.6 Å². The standard InChI is InChI=1S/C11H14ClN3O/c1-7-2-9(4-10(12)14-7)15-6-8(5-13)3-11(15)16/h2,4,8H,3,5-6,13H2,1H3. The SMILES string of the molecule is Cc1cc(N2CC(CN)CC2=O)cc(Cl)n1. The number of nitrogens with two attached hydrogens (primary N) is 1. The van der Waals surface area contributed by atoms with Crippen LogP contribution in [-0.2, 0) is 4.79 Å². The molecule has 1 fully saturated rings. The Morgan fingerprint density at radius 2 is 2.38 bits per heavy atom. The van der Waals surface area contributed by atoms with Crippen molar-refractivity contribution in [2.45, 2.75) is 13.3 Å². The van der Waals surface area contributed by atoms with Crippen LogP contribution in [0.1, 0.15) is 12.1 Å². The predicted molar refractivity (Wildman–Crippen MR) is 63.5 cm³/mol. The summed E-state index contributed by atoms with van der Waals surface area (Å²) in [6.45, 7) is 3.07. The zero-order valence-corrected chi connectivity index (χ0v) is 9.87. The van der Waals surface area contributed by atoms with Gasteiger partial charge in [-0.3, -0.25) is 4.79 Å². The monoisotopic (exact) mass is 239 g/mol. The van der Waals surface area contributed by atoms with Crippen molar-refractivity contribution in [3.05, 3.63) is 23.0 Å². The first-order valence-corrected chi connectivity index (χ1v) is 5.62. The summed E-state index contributed by atoms with van der Waals surface area (Å²) in [5.41, 5.74) is 7.21. The molecule has 0 aromatic carbocycles. The second kappa shape index (κ2) is 4.39. The van der Waals surface area contributed by atoms with E-state index in [1.165, 1.54) is 0 Å². The summed E-state index contributed by atoms with van der Waals surface area (Å²) >= 11 is 5.87. The van der Waals surface area contributed by atoms with Gasteiger partial charge in [-0.2, -0.15) is 0 Å². The van der Waals surface area contributed by atoms with Crippen molar-refractivity contribution < 1.29 is 4.79 Å². The van der Waals surface area contributed by atoms with E-state index in [9.17, 15) is 4.79 Å². The average Bonchev–Trinajstić information content (AvgIpc) is 2.58. The third-order valence-corrected chi connectivity index (χ3v) is 2.95. The highest BCUT2D eigenvalue weighted by Crippen LogP contribution is 2.26. The van der Waals surface area contributed by atoms with E-state index < -0.39 is 0 Å². The first kappa shape index (κ1) is 11.4. The topological polar surface area (TPSA) is 59.2 Å². The summed E-state index contributed by atoms with van der Waals surface area (Å²) in [6.07, 6.45) is 0.523. The van der Waals surface area contributed by atoms with Gasteiger partial charge in [0.15, 0.2) is 0 Å². The third kappa shape index (κ3) is 2.18. The number of amides is 1. The van der Waals surface area contributed by atoms with E-state index in [0.29, 0.717) is 24.7 Å². The normalized spacial score (nSPS) is 20.6. The number of anilines is 1. The Kier molecular flexibility index (Phi) is 3.12. The number of aromatic nitrogens is 1. The summed E-state index contributed by atoms with van der Waals surface area (Å²) < 4.78 is 0. The van der Waals surface area contributed by atoms with E-state index in [2.05, 4.69) is 4.98 Å². The number of halogens is 1. The Bertz CT molecular complexity index is 401. The lowest BCUT2D eigenvalue weighted by molar-refractivity contribution is -0.117. The minimum absolute atomic E-state index is 0.108. The number of hydrogen-bond donors (Lipinski definition) is 1. The highest BCUT2D eigenvalue weighted by molar-refractivity contribution is 6.29. The van der Waals surface area contributed by atoms with Crippen molar-refractivity contribution in [1.82, 2.24) is 4.98 Å². The van der Waals surface area contributed by atoms with Crippen LogP contribution in [0.15, 0.2) is 12.1 Å². The van der Waals surface area contributed by atoms with E-state index in [1.807, 2.05) is 13.0 Å². The minimum atomic E-state index is 0.108. The molecule has 2 N–H and O–H groups in total. The number of rotatable bonds is 2. The molecule has 5 heteroatoms. The molecule has 1 aromatic heterocycles. The van der Waals surface area contributed by atoms with Gasteiger partial charge in [0, 0.05) is 24.3 Å². The summed E-state index contributed by atoms with van der Waals surface area (Å²) in [6, 6.07) is 3.58. The van der Waals surface area contributed by atoms with Gasteiger partial charge in [-0.05, 0) is 31.5 Å². The molecule has 0 saturated carbocycles. The largest absolute Gasteiger partial charge is 0.330 e. The third-order valence-electron chi connectivity index (χ3n) is 2.76. The van der Waals surface area contributed by atoms with Gasteiger partial charge in [0.05, 0.1) is 0 Å². The van der Waals surface area contributed by atoms with Crippen LogP contribution in [0.2, 0.25) is 5.15 Å². The maximum absolute atomic E-state index is 11.8. The lowest BCUT2D eigenvalue weighted by atomic mass is 10.1. The number of nitrogens with zero attached hydrogens (tertiary/aromatic N) is 2. The number of aryl methyl sites for hydroxylation is 1. The highest BCUT2D eigenvalue weighted by Gasteiger charge is 2.29. The van der Waals surface area contributed by atoms with Crippen molar-refractivity contribution >= 4 is 23.2 Å². The summed E-state index contributed by atoms with van der Waals surface area (Å²) in [5, 5.41) is 0.416. The Balaban J connectivity index is 2.27. The van der Waals surface area contributed by atoms with Crippen molar-refractivity contribution in [2.24, 2.45) is 11.7 Å². The maximum Gasteiger partial charge on any atom is 0.227 e. The number of carbonyl (C=O) groups excluding carboxylic acids is 1. The van der Waals surface area contributed by atoms with Crippen LogP contribution < -0.4 is 10.6 Å². The molecule has 1 aliphatic heterocycles. The van der Waals surface area contributed by atoms with Crippen molar-refractivity contribution in [2.75, 3.05) is 18.0 Å². The quantitative estimate of drug-likeness (QED) is 0.793. The zero-order valence-electron chi connectivity index (χ0n) is 9.11. The second-order valence-electron chi connectivity index (χ2n) is 4.10. The summed E-state index contributed by atoms with van der Waals surface area (Å²) in [7, 11) is 0. The van der Waals surface area contributed by atoms with Crippen molar-refractivity contribution in [1.29, 1.82) is 0 Å². The second-order valence-corrected chi connectivity index (χ2v) is 4.49. The van der Waals surface area contributed by atoms with Gasteiger partial charge >= 0.3 is 0 Å². The van der Waals surface area contributed by atoms with E-state index in [4.69, 9.17) is 17.3 Å². The molecule has 86 valence electrons. The molecule has 4 nitrogen and oxygen atoms in total. The molecule has 2 heterocycles. The number of pyridine rings is 1. The van der Waals surface area contributed by atoms with Crippen LogP contribution in [0, 0.1) is 12.8 Å². The molecule has 0 spiro atoms. The Labute approximate surface area is 99.4 Å². The van der Waals surface area contributed by atoms with E-state index >= 15 is 0 Å². The molecule has 1 atom stereocenters.